The Morgan fingerprint density at radius 2 is 1.95 bits per heavy atom. The predicted molar refractivity (Wildman–Crippen MR) is 73.4 cm³/mol. The Morgan fingerprint density at radius 3 is 2.57 bits per heavy atom. The van der Waals surface area contributed by atoms with Crippen LogP contribution in [0.5, 0.6) is 5.75 Å². The molecule has 1 saturated heterocycles. The minimum Gasteiger partial charge on any atom is -0.496 e. The third-order valence-electron chi connectivity index (χ3n) is 4.28. The number of barbiturate groups is 1. The quantitative estimate of drug-likeness (QED) is 0.854. The second-order valence-corrected chi connectivity index (χ2v) is 5.40. The predicted octanol–water partition coefficient (Wildman–Crippen LogP) is 1.44. The number of nitrogens with zero attached hydrogens (tertiary/aromatic N) is 1. The van der Waals surface area contributed by atoms with Crippen LogP contribution in [0.1, 0.15) is 24.8 Å². The molecule has 1 aliphatic heterocycles. The van der Waals surface area contributed by atoms with Gasteiger partial charge in [-0.25, -0.2) is 4.79 Å². The van der Waals surface area contributed by atoms with Crippen molar-refractivity contribution in [2.24, 2.45) is 5.41 Å². The summed E-state index contributed by atoms with van der Waals surface area (Å²) in [6.07, 6.45) is 1.84. The van der Waals surface area contributed by atoms with E-state index < -0.39 is 23.3 Å². The highest BCUT2D eigenvalue weighted by molar-refractivity contribution is 6.19. The SMILES string of the molecule is COc1ccccc1CN1C(=O)NC(=O)C2(CCC2)C1=O. The first-order valence-corrected chi connectivity index (χ1v) is 6.88. The van der Waals surface area contributed by atoms with E-state index in [1.807, 2.05) is 12.1 Å². The average molecular weight is 288 g/mol. The van der Waals surface area contributed by atoms with Crippen LogP contribution >= 0.6 is 0 Å². The largest absolute Gasteiger partial charge is 0.496 e. The number of benzene rings is 1. The van der Waals surface area contributed by atoms with Crippen molar-refractivity contribution < 1.29 is 19.1 Å². The molecule has 3 rings (SSSR count). The second kappa shape index (κ2) is 4.87. The molecule has 1 saturated carbocycles. The van der Waals surface area contributed by atoms with Crippen LogP contribution in [0.4, 0.5) is 4.79 Å². The first kappa shape index (κ1) is 13.6. The van der Waals surface area contributed by atoms with Crippen LogP contribution in [0.25, 0.3) is 0 Å². The smallest absolute Gasteiger partial charge is 0.331 e. The van der Waals surface area contributed by atoms with Crippen LogP contribution < -0.4 is 10.1 Å². The van der Waals surface area contributed by atoms with Crippen molar-refractivity contribution in [3.63, 3.8) is 0 Å². The molecule has 0 aromatic heterocycles. The zero-order valence-corrected chi connectivity index (χ0v) is 11.7. The molecule has 1 spiro atoms. The number of rotatable bonds is 3. The molecule has 1 aliphatic carbocycles. The fourth-order valence-electron chi connectivity index (χ4n) is 2.85. The molecule has 1 aromatic rings. The lowest BCUT2D eigenvalue weighted by Crippen LogP contribution is -2.65. The van der Waals surface area contributed by atoms with Crippen LogP contribution in [0.15, 0.2) is 24.3 Å². The summed E-state index contributed by atoms with van der Waals surface area (Å²) in [7, 11) is 1.54. The zero-order valence-electron chi connectivity index (χ0n) is 11.7. The fourth-order valence-corrected chi connectivity index (χ4v) is 2.85. The van der Waals surface area contributed by atoms with Crippen molar-refractivity contribution in [3.8, 4) is 5.75 Å². The summed E-state index contributed by atoms with van der Waals surface area (Å²) in [5, 5.41) is 2.30. The number of amides is 4. The van der Waals surface area contributed by atoms with Gasteiger partial charge in [-0.05, 0) is 18.9 Å². The van der Waals surface area contributed by atoms with Gasteiger partial charge < -0.3 is 4.74 Å². The molecule has 21 heavy (non-hydrogen) atoms. The molecule has 110 valence electrons. The number of imide groups is 2. The molecule has 6 nitrogen and oxygen atoms in total. The van der Waals surface area contributed by atoms with Crippen LogP contribution in [0.3, 0.4) is 0 Å². The molecular weight excluding hydrogens is 272 g/mol. The third kappa shape index (κ3) is 1.98. The summed E-state index contributed by atoms with van der Waals surface area (Å²) in [6, 6.07) is 6.54. The molecule has 2 fully saturated rings. The second-order valence-electron chi connectivity index (χ2n) is 5.40. The molecule has 0 bridgehead atoms. The standard InChI is InChI=1S/C15H16N2O4/c1-21-11-6-3-2-5-10(11)9-17-13(19)15(7-4-8-15)12(18)16-14(17)20/h2-3,5-6H,4,7-9H2,1H3,(H,16,18,20). The van der Waals surface area contributed by atoms with Gasteiger partial charge in [0.1, 0.15) is 11.2 Å². The third-order valence-corrected chi connectivity index (χ3v) is 4.28. The normalized spacial score (nSPS) is 20.2. The van der Waals surface area contributed by atoms with E-state index in [4.69, 9.17) is 4.74 Å². The molecule has 1 N–H and O–H groups in total. The van der Waals surface area contributed by atoms with Gasteiger partial charge in [-0.3, -0.25) is 19.8 Å². The van der Waals surface area contributed by atoms with E-state index in [-0.39, 0.29) is 6.54 Å². The molecule has 0 radical (unpaired) electrons. The van der Waals surface area contributed by atoms with E-state index in [2.05, 4.69) is 5.32 Å². The molecule has 4 amide bonds. The van der Waals surface area contributed by atoms with Crippen LogP contribution in [0, 0.1) is 5.41 Å². The number of ether oxygens (including phenoxy) is 1. The summed E-state index contributed by atoms with van der Waals surface area (Å²) in [6.45, 7) is 0.101. The Bertz CT molecular complexity index is 622. The van der Waals surface area contributed by atoms with E-state index in [9.17, 15) is 14.4 Å². The fraction of sp³-hybridized carbons (Fsp3) is 0.400. The van der Waals surface area contributed by atoms with Crippen LogP contribution in [-0.4, -0.2) is 29.9 Å². The Balaban J connectivity index is 1.89. The number of hydrogen-bond donors (Lipinski definition) is 1. The Morgan fingerprint density at radius 1 is 1.24 bits per heavy atom. The monoisotopic (exact) mass is 288 g/mol. The van der Waals surface area contributed by atoms with Crippen molar-refractivity contribution in [1.82, 2.24) is 10.2 Å². The maximum Gasteiger partial charge on any atom is 0.331 e. The number of carbonyl (C=O) groups is 3. The average Bonchev–Trinajstić information content (AvgIpc) is 2.42. The topological polar surface area (TPSA) is 75.7 Å². The summed E-state index contributed by atoms with van der Waals surface area (Å²) >= 11 is 0. The van der Waals surface area contributed by atoms with E-state index in [0.717, 1.165) is 16.9 Å². The first-order chi connectivity index (χ1) is 10.1. The van der Waals surface area contributed by atoms with E-state index in [1.165, 1.54) is 7.11 Å². The van der Waals surface area contributed by atoms with Gasteiger partial charge in [0.05, 0.1) is 13.7 Å². The number of nitrogens with one attached hydrogen (secondary N) is 1. The molecule has 1 heterocycles. The van der Waals surface area contributed by atoms with Crippen LogP contribution in [0.2, 0.25) is 0 Å². The van der Waals surface area contributed by atoms with Crippen molar-refractivity contribution in [3.05, 3.63) is 29.8 Å². The minimum atomic E-state index is -1.03. The highest BCUT2D eigenvalue weighted by atomic mass is 16.5. The Labute approximate surface area is 122 Å². The van der Waals surface area contributed by atoms with Crippen molar-refractivity contribution in [2.75, 3.05) is 7.11 Å². The van der Waals surface area contributed by atoms with Gasteiger partial charge in [0, 0.05) is 5.56 Å². The van der Waals surface area contributed by atoms with Gasteiger partial charge in [0.2, 0.25) is 11.8 Å². The highest BCUT2D eigenvalue weighted by Gasteiger charge is 2.57. The van der Waals surface area contributed by atoms with Gasteiger partial charge in [-0.15, -0.1) is 0 Å². The first-order valence-electron chi connectivity index (χ1n) is 6.88. The number of hydrogen-bond acceptors (Lipinski definition) is 4. The summed E-state index contributed by atoms with van der Waals surface area (Å²) in [5.74, 6) is -0.244. The summed E-state index contributed by atoms with van der Waals surface area (Å²) < 4.78 is 5.23. The number of urea groups is 1. The molecule has 0 atom stereocenters. The van der Waals surface area contributed by atoms with E-state index >= 15 is 0 Å². The van der Waals surface area contributed by atoms with Gasteiger partial charge in [0.25, 0.3) is 0 Å². The molecule has 6 heteroatoms. The molecular formula is C15H16N2O4. The van der Waals surface area contributed by atoms with Crippen molar-refractivity contribution in [1.29, 1.82) is 0 Å². The lowest BCUT2D eigenvalue weighted by atomic mass is 9.66. The lowest BCUT2D eigenvalue weighted by Gasteiger charge is -2.44. The van der Waals surface area contributed by atoms with Gasteiger partial charge in [0.15, 0.2) is 0 Å². The Kier molecular flexibility index (Phi) is 3.16. The molecule has 2 aliphatic rings. The lowest BCUT2D eigenvalue weighted by molar-refractivity contribution is -0.158. The van der Waals surface area contributed by atoms with Crippen molar-refractivity contribution >= 4 is 17.8 Å². The van der Waals surface area contributed by atoms with Gasteiger partial charge >= 0.3 is 6.03 Å². The molecule has 0 unspecified atom stereocenters. The van der Waals surface area contributed by atoms with E-state index in [0.29, 0.717) is 18.6 Å². The summed E-state index contributed by atoms with van der Waals surface area (Å²) in [5.41, 5.74) is -0.303. The summed E-state index contributed by atoms with van der Waals surface area (Å²) in [4.78, 5) is 37.6. The maximum atomic E-state index is 12.6. The maximum absolute atomic E-state index is 12.6. The van der Waals surface area contributed by atoms with Gasteiger partial charge in [-0.1, -0.05) is 24.6 Å². The number of para-hydroxylation sites is 1. The van der Waals surface area contributed by atoms with Crippen molar-refractivity contribution in [2.45, 2.75) is 25.8 Å². The number of methoxy groups -OCH3 is 1. The van der Waals surface area contributed by atoms with Gasteiger partial charge in [-0.2, -0.15) is 0 Å². The van der Waals surface area contributed by atoms with Crippen LogP contribution in [-0.2, 0) is 16.1 Å². The number of carbonyl (C=O) groups excluding carboxylic acids is 3. The van der Waals surface area contributed by atoms with E-state index in [1.54, 1.807) is 12.1 Å². The highest BCUT2D eigenvalue weighted by Crippen LogP contribution is 2.44. The Hall–Kier alpha value is -2.37. The minimum absolute atomic E-state index is 0.101. The molecule has 1 aromatic carbocycles. The zero-order chi connectivity index (χ0) is 15.0.